The average molecular weight is 304 g/mol. The van der Waals surface area contributed by atoms with Gasteiger partial charge >= 0.3 is 5.97 Å². The van der Waals surface area contributed by atoms with E-state index >= 15 is 0 Å². The van der Waals surface area contributed by atoms with Gasteiger partial charge in [-0.2, -0.15) is 4.89 Å². The van der Waals surface area contributed by atoms with E-state index in [1.807, 2.05) is 0 Å². The van der Waals surface area contributed by atoms with Crippen molar-refractivity contribution >= 4 is 5.97 Å². The van der Waals surface area contributed by atoms with Crippen molar-refractivity contribution in [2.75, 3.05) is 20.8 Å². The van der Waals surface area contributed by atoms with E-state index in [-0.39, 0.29) is 12.3 Å². The number of carbonyl (C=O) groups is 1. The second kappa shape index (κ2) is 15.7. The third kappa shape index (κ3) is 14.1. The van der Waals surface area contributed by atoms with Crippen molar-refractivity contribution in [1.29, 1.82) is 0 Å². The topological polar surface area (TPSA) is 54.0 Å². The Hall–Kier alpha value is -0.650. The monoisotopic (exact) mass is 304 g/mol. The molecule has 126 valence electrons. The highest BCUT2D eigenvalue weighted by Gasteiger charge is 2.06. The normalized spacial score (nSPS) is 11.0. The minimum absolute atomic E-state index is 0.225. The molecule has 21 heavy (non-hydrogen) atoms. The van der Waals surface area contributed by atoms with Crippen molar-refractivity contribution in [3.8, 4) is 0 Å². The predicted molar refractivity (Wildman–Crippen MR) is 81.7 cm³/mol. The molecule has 0 amide bonds. The number of ether oxygens (including phenoxy) is 2. The molecule has 0 aliphatic rings. The molecule has 0 aliphatic carbocycles. The second-order valence-electron chi connectivity index (χ2n) is 5.19. The molecule has 0 atom stereocenters. The highest BCUT2D eigenvalue weighted by Crippen LogP contribution is 2.09. The quantitative estimate of drug-likeness (QED) is 0.198. The van der Waals surface area contributed by atoms with Crippen LogP contribution >= 0.6 is 0 Å². The molecule has 0 saturated carbocycles. The molecule has 0 aromatic carbocycles. The number of rotatable bonds is 15. The van der Waals surface area contributed by atoms with Crippen LogP contribution in [-0.2, 0) is 24.0 Å². The maximum atomic E-state index is 11.4. The van der Waals surface area contributed by atoms with Gasteiger partial charge in [0.1, 0.15) is 0 Å². The molecule has 0 spiro atoms. The summed E-state index contributed by atoms with van der Waals surface area (Å²) in [6, 6.07) is 0. The minimum atomic E-state index is -0.279. The van der Waals surface area contributed by atoms with Gasteiger partial charge in [-0.1, -0.05) is 45.4 Å². The summed E-state index contributed by atoms with van der Waals surface area (Å²) in [6.45, 7) is 2.58. The van der Waals surface area contributed by atoms with Crippen LogP contribution in [0.3, 0.4) is 0 Å². The van der Waals surface area contributed by atoms with Crippen LogP contribution in [0.5, 0.6) is 0 Å². The SMILES string of the molecule is CCCCCCCCCC(=O)OOCCCC(OC)OC. The Balaban J connectivity index is 3.27. The van der Waals surface area contributed by atoms with E-state index in [0.29, 0.717) is 19.4 Å². The number of methoxy groups -OCH3 is 2. The Bertz CT molecular complexity index is 229. The van der Waals surface area contributed by atoms with Crippen molar-refractivity contribution in [2.45, 2.75) is 77.4 Å². The Kier molecular flexibility index (Phi) is 15.2. The fourth-order valence-corrected chi connectivity index (χ4v) is 2.02. The zero-order valence-corrected chi connectivity index (χ0v) is 13.9. The largest absolute Gasteiger partial charge is 0.356 e. The summed E-state index contributed by atoms with van der Waals surface area (Å²) in [6.07, 6.45) is 9.94. The van der Waals surface area contributed by atoms with Gasteiger partial charge in [-0.05, 0) is 12.8 Å². The lowest BCUT2D eigenvalue weighted by molar-refractivity contribution is -0.273. The molecule has 0 fully saturated rings. The van der Waals surface area contributed by atoms with E-state index in [9.17, 15) is 4.79 Å². The molecule has 0 radical (unpaired) electrons. The number of hydrogen-bond acceptors (Lipinski definition) is 5. The van der Waals surface area contributed by atoms with E-state index < -0.39 is 0 Å². The van der Waals surface area contributed by atoms with Gasteiger partial charge in [-0.25, -0.2) is 4.79 Å². The molecule has 0 rings (SSSR count). The van der Waals surface area contributed by atoms with Crippen molar-refractivity contribution in [3.63, 3.8) is 0 Å². The fraction of sp³-hybridized carbons (Fsp3) is 0.938. The van der Waals surface area contributed by atoms with E-state index in [1.54, 1.807) is 14.2 Å². The third-order valence-electron chi connectivity index (χ3n) is 3.33. The lowest BCUT2D eigenvalue weighted by atomic mass is 10.1. The Morgan fingerprint density at radius 3 is 2.14 bits per heavy atom. The van der Waals surface area contributed by atoms with Gasteiger partial charge in [-0.3, -0.25) is 4.89 Å². The van der Waals surface area contributed by atoms with Crippen LogP contribution in [0.25, 0.3) is 0 Å². The van der Waals surface area contributed by atoms with Crippen LogP contribution < -0.4 is 0 Å². The molecular weight excluding hydrogens is 272 g/mol. The molecule has 0 aliphatic heterocycles. The van der Waals surface area contributed by atoms with Crippen LogP contribution in [0.2, 0.25) is 0 Å². The average Bonchev–Trinajstić information content (AvgIpc) is 2.50. The lowest BCUT2D eigenvalue weighted by Gasteiger charge is -2.12. The first kappa shape index (κ1) is 20.3. The molecule has 5 nitrogen and oxygen atoms in total. The first-order valence-electron chi connectivity index (χ1n) is 8.12. The van der Waals surface area contributed by atoms with Crippen molar-refractivity contribution in [2.24, 2.45) is 0 Å². The summed E-state index contributed by atoms with van der Waals surface area (Å²) < 4.78 is 10.1. The molecule has 0 heterocycles. The van der Waals surface area contributed by atoms with Crippen LogP contribution in [0.15, 0.2) is 0 Å². The summed E-state index contributed by atoms with van der Waals surface area (Å²) in [5, 5.41) is 0. The Labute approximate surface area is 129 Å². The first-order chi connectivity index (χ1) is 10.2. The molecule has 0 bridgehead atoms. The van der Waals surface area contributed by atoms with E-state index in [4.69, 9.17) is 19.2 Å². The van der Waals surface area contributed by atoms with E-state index in [1.165, 1.54) is 32.1 Å². The first-order valence-corrected chi connectivity index (χ1v) is 8.12. The Morgan fingerprint density at radius 1 is 0.905 bits per heavy atom. The van der Waals surface area contributed by atoms with Gasteiger partial charge in [0.15, 0.2) is 6.29 Å². The summed E-state index contributed by atoms with van der Waals surface area (Å²) in [4.78, 5) is 21.0. The summed E-state index contributed by atoms with van der Waals surface area (Å²) in [5.74, 6) is -0.279. The molecular formula is C16H32O5. The third-order valence-corrected chi connectivity index (χ3v) is 3.33. The smallest absolute Gasteiger partial charge is 0.342 e. The van der Waals surface area contributed by atoms with Gasteiger partial charge in [-0.15, -0.1) is 0 Å². The zero-order valence-electron chi connectivity index (χ0n) is 13.9. The standard InChI is InChI=1S/C16H32O5/c1-4-5-6-7-8-9-10-12-15(17)21-20-14-11-13-16(18-2)19-3/h16H,4-14H2,1-3H3. The van der Waals surface area contributed by atoms with Crippen LogP contribution in [0, 0.1) is 0 Å². The number of carbonyl (C=O) groups excluding carboxylic acids is 1. The van der Waals surface area contributed by atoms with Crippen LogP contribution in [0.4, 0.5) is 0 Å². The maximum absolute atomic E-state index is 11.4. The molecule has 0 unspecified atom stereocenters. The number of hydrogen-bond donors (Lipinski definition) is 0. The van der Waals surface area contributed by atoms with Crippen molar-refractivity contribution < 1.29 is 24.0 Å². The zero-order chi connectivity index (χ0) is 15.8. The Morgan fingerprint density at radius 2 is 1.52 bits per heavy atom. The van der Waals surface area contributed by atoms with Gasteiger partial charge in [0.05, 0.1) is 6.61 Å². The molecule has 5 heteroatoms. The molecule has 0 N–H and O–H groups in total. The minimum Gasteiger partial charge on any atom is -0.356 e. The summed E-state index contributed by atoms with van der Waals surface area (Å²) in [5.41, 5.74) is 0. The van der Waals surface area contributed by atoms with Gasteiger partial charge in [0.2, 0.25) is 0 Å². The molecule has 0 aromatic rings. The predicted octanol–water partition coefficient (Wildman–Crippen LogP) is 4.00. The lowest BCUT2D eigenvalue weighted by Crippen LogP contribution is -2.14. The van der Waals surface area contributed by atoms with Crippen LogP contribution in [-0.4, -0.2) is 33.1 Å². The van der Waals surface area contributed by atoms with Gasteiger partial charge in [0, 0.05) is 27.1 Å². The number of unbranched alkanes of at least 4 members (excludes halogenated alkanes) is 6. The van der Waals surface area contributed by atoms with E-state index in [0.717, 1.165) is 19.3 Å². The summed E-state index contributed by atoms with van der Waals surface area (Å²) in [7, 11) is 3.19. The van der Waals surface area contributed by atoms with E-state index in [2.05, 4.69) is 6.92 Å². The fourth-order valence-electron chi connectivity index (χ4n) is 2.02. The second-order valence-corrected chi connectivity index (χ2v) is 5.19. The highest BCUT2D eigenvalue weighted by atomic mass is 17.2. The highest BCUT2D eigenvalue weighted by molar-refractivity contribution is 5.68. The summed E-state index contributed by atoms with van der Waals surface area (Å²) >= 11 is 0. The van der Waals surface area contributed by atoms with Crippen molar-refractivity contribution in [1.82, 2.24) is 0 Å². The van der Waals surface area contributed by atoms with Crippen LogP contribution in [0.1, 0.15) is 71.1 Å². The van der Waals surface area contributed by atoms with Crippen molar-refractivity contribution in [3.05, 3.63) is 0 Å². The molecule has 0 aromatic heterocycles. The maximum Gasteiger partial charge on any atom is 0.342 e. The van der Waals surface area contributed by atoms with Gasteiger partial charge < -0.3 is 9.47 Å². The van der Waals surface area contributed by atoms with Gasteiger partial charge in [0.25, 0.3) is 0 Å². The molecule has 0 saturated heterocycles.